The van der Waals surface area contributed by atoms with E-state index in [4.69, 9.17) is 5.84 Å². The van der Waals surface area contributed by atoms with E-state index in [0.29, 0.717) is 0 Å². The van der Waals surface area contributed by atoms with Gasteiger partial charge in [-0.2, -0.15) is 0 Å². The third-order valence-electron chi connectivity index (χ3n) is 3.60. The van der Waals surface area contributed by atoms with Crippen LogP contribution in [0.25, 0.3) is 0 Å². The molecule has 1 saturated heterocycles. The number of hydrazine groups is 1. The minimum absolute atomic E-state index is 0.101. The minimum atomic E-state index is -0.135. The van der Waals surface area contributed by atoms with E-state index in [1.165, 1.54) is 0 Å². The van der Waals surface area contributed by atoms with E-state index in [-0.39, 0.29) is 11.9 Å². The van der Waals surface area contributed by atoms with Crippen molar-refractivity contribution in [3.05, 3.63) is 18.5 Å². The second kappa shape index (κ2) is 7.16. The maximum Gasteiger partial charge on any atom is 0.251 e. The molecule has 2 heterocycles. The van der Waals surface area contributed by atoms with E-state index in [9.17, 15) is 4.79 Å². The highest BCUT2D eigenvalue weighted by atomic mass is 16.2. The Bertz CT molecular complexity index is 418. The van der Waals surface area contributed by atoms with Gasteiger partial charge in [-0.3, -0.25) is 15.1 Å². The molecular formula is C13H22N6O. The summed E-state index contributed by atoms with van der Waals surface area (Å²) in [7, 11) is 0. The van der Waals surface area contributed by atoms with Gasteiger partial charge < -0.3 is 4.90 Å². The van der Waals surface area contributed by atoms with Crippen molar-refractivity contribution in [3.8, 4) is 0 Å². The summed E-state index contributed by atoms with van der Waals surface area (Å²) < 4.78 is 0. The van der Waals surface area contributed by atoms with Crippen molar-refractivity contribution in [3.63, 3.8) is 0 Å². The van der Waals surface area contributed by atoms with Crippen LogP contribution in [0, 0.1) is 0 Å². The van der Waals surface area contributed by atoms with Crippen LogP contribution in [0.15, 0.2) is 18.5 Å². The average molecular weight is 278 g/mol. The zero-order valence-electron chi connectivity index (χ0n) is 11.8. The largest absolute Gasteiger partial charge is 0.338 e. The predicted octanol–water partition coefficient (Wildman–Crippen LogP) is -0.243. The van der Waals surface area contributed by atoms with Gasteiger partial charge in [-0.1, -0.05) is 13.3 Å². The van der Waals surface area contributed by atoms with E-state index >= 15 is 0 Å². The first-order valence-corrected chi connectivity index (χ1v) is 7.02. The molecule has 3 N–H and O–H groups in total. The van der Waals surface area contributed by atoms with E-state index in [0.717, 1.165) is 45.0 Å². The molecule has 7 nitrogen and oxygen atoms in total. The number of carbonyl (C=O) groups excluding carboxylic acids is 1. The minimum Gasteiger partial charge on any atom is -0.338 e. The zero-order chi connectivity index (χ0) is 14.4. The Morgan fingerprint density at radius 3 is 2.55 bits per heavy atom. The molecule has 1 aliphatic rings. The van der Waals surface area contributed by atoms with Crippen LogP contribution in [-0.4, -0.2) is 53.0 Å². The lowest BCUT2D eigenvalue weighted by molar-refractivity contribution is -0.127. The molecule has 0 aromatic carbocycles. The lowest BCUT2D eigenvalue weighted by atomic mass is 10.1. The molecule has 0 aliphatic carbocycles. The van der Waals surface area contributed by atoms with E-state index in [1.54, 1.807) is 12.4 Å². The standard InChI is InChI=1S/C13H22N6O/c1-2-4-11(12(20)17-14)18-7-9-19(10-8-18)13-15-5-3-6-16-13/h3,5-6,11H,2,4,7-10,14H2,1H3,(H,17,20). The number of amides is 1. The smallest absolute Gasteiger partial charge is 0.251 e. The molecule has 0 radical (unpaired) electrons. The number of nitrogens with one attached hydrogen (secondary N) is 1. The summed E-state index contributed by atoms with van der Waals surface area (Å²) in [5, 5.41) is 0. The van der Waals surface area contributed by atoms with E-state index in [2.05, 4.69) is 32.1 Å². The molecule has 1 aromatic heterocycles. The third-order valence-corrected chi connectivity index (χ3v) is 3.60. The maximum absolute atomic E-state index is 11.8. The number of nitrogens with two attached hydrogens (primary N) is 1. The highest BCUT2D eigenvalue weighted by Crippen LogP contribution is 2.14. The molecular weight excluding hydrogens is 256 g/mol. The number of hydrogen-bond donors (Lipinski definition) is 2. The van der Waals surface area contributed by atoms with Crippen LogP contribution in [0.4, 0.5) is 5.95 Å². The molecule has 7 heteroatoms. The van der Waals surface area contributed by atoms with Crippen molar-refractivity contribution in [1.82, 2.24) is 20.3 Å². The summed E-state index contributed by atoms with van der Waals surface area (Å²) in [4.78, 5) is 24.7. The van der Waals surface area contributed by atoms with Crippen LogP contribution in [0.3, 0.4) is 0 Å². The van der Waals surface area contributed by atoms with Gasteiger partial charge >= 0.3 is 0 Å². The van der Waals surface area contributed by atoms with Crippen LogP contribution >= 0.6 is 0 Å². The number of hydrogen-bond acceptors (Lipinski definition) is 6. The number of aromatic nitrogens is 2. The van der Waals surface area contributed by atoms with Crippen molar-refractivity contribution in [1.29, 1.82) is 0 Å². The van der Waals surface area contributed by atoms with Gasteiger partial charge in [0, 0.05) is 38.6 Å². The number of anilines is 1. The summed E-state index contributed by atoms with van der Waals surface area (Å²) in [6.07, 6.45) is 5.28. The number of carbonyl (C=O) groups is 1. The van der Waals surface area contributed by atoms with Gasteiger partial charge in [-0.25, -0.2) is 15.8 Å². The Hall–Kier alpha value is -1.73. The molecule has 2 rings (SSSR count). The van der Waals surface area contributed by atoms with Crippen LogP contribution < -0.4 is 16.2 Å². The fourth-order valence-electron chi connectivity index (χ4n) is 2.54. The van der Waals surface area contributed by atoms with Crippen LogP contribution in [-0.2, 0) is 4.79 Å². The molecule has 1 aromatic rings. The quantitative estimate of drug-likeness (QED) is 0.439. The Balaban J connectivity index is 1.94. The Morgan fingerprint density at radius 1 is 1.35 bits per heavy atom. The summed E-state index contributed by atoms with van der Waals surface area (Å²) in [5.41, 5.74) is 2.27. The second-order valence-electron chi connectivity index (χ2n) is 4.88. The second-order valence-corrected chi connectivity index (χ2v) is 4.88. The molecule has 1 amide bonds. The molecule has 0 bridgehead atoms. The van der Waals surface area contributed by atoms with Crippen molar-refractivity contribution in [2.45, 2.75) is 25.8 Å². The van der Waals surface area contributed by atoms with Crippen LogP contribution in [0.1, 0.15) is 19.8 Å². The number of rotatable bonds is 5. The van der Waals surface area contributed by atoms with Gasteiger partial charge in [0.15, 0.2) is 0 Å². The van der Waals surface area contributed by atoms with Crippen LogP contribution in [0.2, 0.25) is 0 Å². The molecule has 0 spiro atoms. The van der Waals surface area contributed by atoms with Crippen molar-refractivity contribution >= 4 is 11.9 Å². The normalized spacial score (nSPS) is 17.8. The Kier molecular flexibility index (Phi) is 5.25. The first kappa shape index (κ1) is 14.7. The Labute approximate surface area is 119 Å². The van der Waals surface area contributed by atoms with Gasteiger partial charge in [0.2, 0.25) is 5.95 Å². The maximum atomic E-state index is 11.8. The molecule has 20 heavy (non-hydrogen) atoms. The van der Waals surface area contributed by atoms with Crippen molar-refractivity contribution in [2.24, 2.45) is 5.84 Å². The lowest BCUT2D eigenvalue weighted by Gasteiger charge is -2.38. The first-order chi connectivity index (χ1) is 9.76. The van der Waals surface area contributed by atoms with Gasteiger partial charge in [0.05, 0.1) is 6.04 Å². The predicted molar refractivity (Wildman–Crippen MR) is 76.8 cm³/mol. The van der Waals surface area contributed by atoms with E-state index in [1.807, 2.05) is 6.07 Å². The van der Waals surface area contributed by atoms with Crippen molar-refractivity contribution < 1.29 is 4.79 Å². The Morgan fingerprint density at radius 2 is 2.00 bits per heavy atom. The highest BCUT2D eigenvalue weighted by Gasteiger charge is 2.28. The van der Waals surface area contributed by atoms with E-state index < -0.39 is 0 Å². The molecule has 1 fully saturated rings. The number of nitrogens with zero attached hydrogens (tertiary/aromatic N) is 4. The summed E-state index contributed by atoms with van der Waals surface area (Å²) in [6, 6.07) is 1.67. The average Bonchev–Trinajstić information content (AvgIpc) is 2.53. The number of piperazine rings is 1. The molecule has 1 atom stereocenters. The molecule has 1 unspecified atom stereocenters. The lowest BCUT2D eigenvalue weighted by Crippen LogP contribution is -2.56. The molecule has 110 valence electrons. The fourth-order valence-corrected chi connectivity index (χ4v) is 2.54. The summed E-state index contributed by atoms with van der Waals surface area (Å²) in [6.45, 7) is 5.35. The van der Waals surface area contributed by atoms with Gasteiger partial charge in [0.25, 0.3) is 5.91 Å². The summed E-state index contributed by atoms with van der Waals surface area (Å²) in [5.74, 6) is 5.92. The first-order valence-electron chi connectivity index (χ1n) is 7.02. The molecule has 0 saturated carbocycles. The monoisotopic (exact) mass is 278 g/mol. The summed E-state index contributed by atoms with van der Waals surface area (Å²) >= 11 is 0. The van der Waals surface area contributed by atoms with Crippen LogP contribution in [0.5, 0.6) is 0 Å². The van der Waals surface area contributed by atoms with Gasteiger partial charge in [-0.05, 0) is 12.5 Å². The SMILES string of the molecule is CCCC(C(=O)NN)N1CCN(c2ncccn2)CC1. The zero-order valence-corrected chi connectivity index (χ0v) is 11.8. The highest BCUT2D eigenvalue weighted by molar-refractivity contribution is 5.81. The topological polar surface area (TPSA) is 87.4 Å². The van der Waals surface area contributed by atoms with Gasteiger partial charge in [0.1, 0.15) is 0 Å². The third kappa shape index (κ3) is 3.43. The fraction of sp³-hybridized carbons (Fsp3) is 0.615. The van der Waals surface area contributed by atoms with Crippen molar-refractivity contribution in [2.75, 3.05) is 31.1 Å². The molecule has 1 aliphatic heterocycles. The van der Waals surface area contributed by atoms with Gasteiger partial charge in [-0.15, -0.1) is 0 Å².